The largest absolute Gasteiger partial charge is 0.496 e. The highest BCUT2D eigenvalue weighted by atomic mass is 16.5. The van der Waals surface area contributed by atoms with Gasteiger partial charge in [-0.2, -0.15) is 5.26 Å². The molecule has 1 aromatic carbocycles. The number of nitrogens with zero attached hydrogens (tertiary/aromatic N) is 1. The maximum atomic E-state index is 9.11. The highest BCUT2D eigenvalue weighted by molar-refractivity contribution is 5.66. The SMILES string of the molecule is COc1cc(NCC2(C#N)CC2)c(OC)c(C)c1C. The predicted molar refractivity (Wildman–Crippen MR) is 74.8 cm³/mol. The zero-order valence-corrected chi connectivity index (χ0v) is 12.0. The number of nitriles is 1. The number of hydrogen-bond donors (Lipinski definition) is 1. The van der Waals surface area contributed by atoms with E-state index in [1.165, 1.54) is 0 Å². The lowest BCUT2D eigenvalue weighted by molar-refractivity contribution is 0.399. The van der Waals surface area contributed by atoms with Gasteiger partial charge >= 0.3 is 0 Å². The van der Waals surface area contributed by atoms with E-state index in [9.17, 15) is 0 Å². The lowest BCUT2D eigenvalue weighted by Crippen LogP contribution is -2.14. The first-order chi connectivity index (χ1) is 9.06. The van der Waals surface area contributed by atoms with Crippen molar-refractivity contribution in [1.82, 2.24) is 0 Å². The third-order valence-corrected chi connectivity index (χ3v) is 3.92. The van der Waals surface area contributed by atoms with Gasteiger partial charge in [-0.25, -0.2) is 0 Å². The van der Waals surface area contributed by atoms with E-state index in [1.54, 1.807) is 14.2 Å². The molecule has 19 heavy (non-hydrogen) atoms. The highest BCUT2D eigenvalue weighted by Crippen LogP contribution is 2.46. The minimum absolute atomic E-state index is 0.183. The molecule has 1 aliphatic rings. The Kier molecular flexibility index (Phi) is 3.57. The molecule has 0 heterocycles. The van der Waals surface area contributed by atoms with Crippen LogP contribution < -0.4 is 14.8 Å². The van der Waals surface area contributed by atoms with Gasteiger partial charge in [0.05, 0.1) is 31.4 Å². The zero-order chi connectivity index (χ0) is 14.0. The molecule has 1 N–H and O–H groups in total. The summed E-state index contributed by atoms with van der Waals surface area (Å²) in [4.78, 5) is 0. The van der Waals surface area contributed by atoms with Crippen LogP contribution in [0.2, 0.25) is 0 Å². The third-order valence-electron chi connectivity index (χ3n) is 3.92. The van der Waals surface area contributed by atoms with Crippen LogP contribution in [0.1, 0.15) is 24.0 Å². The quantitative estimate of drug-likeness (QED) is 0.884. The molecule has 0 saturated heterocycles. The van der Waals surface area contributed by atoms with Gasteiger partial charge in [0.1, 0.15) is 11.5 Å². The molecule has 0 atom stereocenters. The number of ether oxygens (including phenoxy) is 2. The molecule has 0 bridgehead atoms. The topological polar surface area (TPSA) is 54.3 Å². The number of rotatable bonds is 5. The van der Waals surface area contributed by atoms with Gasteiger partial charge in [-0.1, -0.05) is 0 Å². The summed E-state index contributed by atoms with van der Waals surface area (Å²) in [5, 5.41) is 12.4. The Bertz CT molecular complexity index is 528. The fraction of sp³-hybridized carbons (Fsp3) is 0.533. The summed E-state index contributed by atoms with van der Waals surface area (Å²) in [5.74, 6) is 1.66. The van der Waals surface area contributed by atoms with Crippen LogP contribution in [0.5, 0.6) is 11.5 Å². The molecule has 0 spiro atoms. The Morgan fingerprint density at radius 2 is 1.95 bits per heavy atom. The number of benzene rings is 1. The summed E-state index contributed by atoms with van der Waals surface area (Å²) in [7, 11) is 3.33. The summed E-state index contributed by atoms with van der Waals surface area (Å²) in [5.41, 5.74) is 2.85. The third kappa shape index (κ3) is 2.46. The van der Waals surface area contributed by atoms with E-state index in [1.807, 2.05) is 19.9 Å². The van der Waals surface area contributed by atoms with Crippen molar-refractivity contribution in [3.63, 3.8) is 0 Å². The first-order valence-corrected chi connectivity index (χ1v) is 6.44. The molecular weight excluding hydrogens is 240 g/mol. The first kappa shape index (κ1) is 13.5. The summed E-state index contributed by atoms with van der Waals surface area (Å²) in [6.07, 6.45) is 1.95. The fourth-order valence-corrected chi connectivity index (χ4v) is 2.21. The standard InChI is InChI=1S/C15H20N2O2/c1-10-11(2)14(19-4)12(7-13(10)18-3)17-9-15(8-16)5-6-15/h7,17H,5-6,9H2,1-4H3. The van der Waals surface area contributed by atoms with Crippen molar-refractivity contribution >= 4 is 5.69 Å². The molecule has 4 heteroatoms. The van der Waals surface area contributed by atoms with Crippen LogP contribution >= 0.6 is 0 Å². The van der Waals surface area contributed by atoms with Crippen molar-refractivity contribution in [1.29, 1.82) is 5.26 Å². The van der Waals surface area contributed by atoms with Gasteiger partial charge in [0, 0.05) is 12.6 Å². The zero-order valence-electron chi connectivity index (χ0n) is 12.0. The monoisotopic (exact) mass is 260 g/mol. The predicted octanol–water partition coefficient (Wildman–Crippen LogP) is 3.04. The van der Waals surface area contributed by atoms with E-state index < -0.39 is 0 Å². The van der Waals surface area contributed by atoms with E-state index in [4.69, 9.17) is 14.7 Å². The molecule has 1 saturated carbocycles. The van der Waals surface area contributed by atoms with E-state index in [2.05, 4.69) is 11.4 Å². The maximum absolute atomic E-state index is 9.11. The second-order valence-corrected chi connectivity index (χ2v) is 5.16. The Morgan fingerprint density at radius 3 is 2.42 bits per heavy atom. The van der Waals surface area contributed by atoms with Crippen LogP contribution in [0.4, 0.5) is 5.69 Å². The Labute approximate surface area is 114 Å². The lowest BCUT2D eigenvalue weighted by atomic mass is 10.1. The second-order valence-electron chi connectivity index (χ2n) is 5.16. The number of anilines is 1. The van der Waals surface area contributed by atoms with Crippen LogP contribution in [0.25, 0.3) is 0 Å². The van der Waals surface area contributed by atoms with E-state index in [-0.39, 0.29) is 5.41 Å². The summed E-state index contributed by atoms with van der Waals surface area (Å²) < 4.78 is 10.9. The second kappa shape index (κ2) is 5.00. The average molecular weight is 260 g/mol. The molecule has 0 unspecified atom stereocenters. The van der Waals surface area contributed by atoms with Crippen molar-refractivity contribution in [2.45, 2.75) is 26.7 Å². The Hall–Kier alpha value is -1.89. The summed E-state index contributed by atoms with van der Waals surface area (Å²) in [6, 6.07) is 4.32. The number of methoxy groups -OCH3 is 2. The van der Waals surface area contributed by atoms with Crippen LogP contribution in [-0.2, 0) is 0 Å². The van der Waals surface area contributed by atoms with Crippen LogP contribution in [0.3, 0.4) is 0 Å². The molecule has 1 fully saturated rings. The van der Waals surface area contributed by atoms with Gasteiger partial charge < -0.3 is 14.8 Å². The lowest BCUT2D eigenvalue weighted by Gasteiger charge is -2.18. The Morgan fingerprint density at radius 1 is 1.26 bits per heavy atom. The number of hydrogen-bond acceptors (Lipinski definition) is 4. The van der Waals surface area contributed by atoms with Crippen molar-refractivity contribution in [2.75, 3.05) is 26.1 Å². The number of nitrogens with one attached hydrogen (secondary N) is 1. The average Bonchev–Trinajstić information content (AvgIpc) is 3.20. The minimum Gasteiger partial charge on any atom is -0.496 e. The molecule has 0 radical (unpaired) electrons. The molecule has 102 valence electrons. The molecule has 1 aromatic rings. The first-order valence-electron chi connectivity index (χ1n) is 6.44. The van der Waals surface area contributed by atoms with Gasteiger partial charge in [-0.3, -0.25) is 0 Å². The Balaban J connectivity index is 2.28. The van der Waals surface area contributed by atoms with E-state index in [0.29, 0.717) is 6.54 Å². The van der Waals surface area contributed by atoms with Gasteiger partial charge in [0.25, 0.3) is 0 Å². The molecule has 0 aliphatic heterocycles. The minimum atomic E-state index is -0.183. The molecule has 0 amide bonds. The van der Waals surface area contributed by atoms with Gasteiger partial charge in [0.2, 0.25) is 0 Å². The van der Waals surface area contributed by atoms with Crippen LogP contribution in [0, 0.1) is 30.6 Å². The maximum Gasteiger partial charge on any atom is 0.145 e. The van der Waals surface area contributed by atoms with E-state index in [0.717, 1.165) is 41.2 Å². The van der Waals surface area contributed by atoms with Gasteiger partial charge in [-0.15, -0.1) is 0 Å². The van der Waals surface area contributed by atoms with Crippen molar-refractivity contribution in [3.05, 3.63) is 17.2 Å². The smallest absolute Gasteiger partial charge is 0.145 e. The molecule has 4 nitrogen and oxygen atoms in total. The van der Waals surface area contributed by atoms with Crippen molar-refractivity contribution < 1.29 is 9.47 Å². The van der Waals surface area contributed by atoms with Gasteiger partial charge in [0.15, 0.2) is 0 Å². The van der Waals surface area contributed by atoms with Crippen LogP contribution in [-0.4, -0.2) is 20.8 Å². The van der Waals surface area contributed by atoms with E-state index >= 15 is 0 Å². The van der Waals surface area contributed by atoms with Crippen molar-refractivity contribution in [2.24, 2.45) is 5.41 Å². The summed E-state index contributed by atoms with van der Waals surface area (Å²) >= 11 is 0. The summed E-state index contributed by atoms with van der Waals surface area (Å²) in [6.45, 7) is 4.68. The molecule has 2 rings (SSSR count). The van der Waals surface area contributed by atoms with Crippen LogP contribution in [0.15, 0.2) is 6.07 Å². The van der Waals surface area contributed by atoms with Crippen molar-refractivity contribution in [3.8, 4) is 17.6 Å². The highest BCUT2D eigenvalue weighted by Gasteiger charge is 2.43. The normalized spacial score (nSPS) is 15.5. The molecule has 0 aromatic heterocycles. The van der Waals surface area contributed by atoms with Gasteiger partial charge in [-0.05, 0) is 37.8 Å². The fourth-order valence-electron chi connectivity index (χ4n) is 2.21. The molecular formula is C15H20N2O2. The molecule has 1 aliphatic carbocycles.